The molecular formula is C39H29NO. The van der Waals surface area contributed by atoms with E-state index in [2.05, 4.69) is 152 Å². The molecular weight excluding hydrogens is 498 g/mol. The summed E-state index contributed by atoms with van der Waals surface area (Å²) in [6, 6.07) is 49.9. The Morgan fingerprint density at radius 3 is 1.88 bits per heavy atom. The molecule has 0 radical (unpaired) electrons. The van der Waals surface area contributed by atoms with Crippen molar-refractivity contribution in [2.24, 2.45) is 0 Å². The predicted octanol–water partition coefficient (Wildman–Crippen LogP) is 10.9. The van der Waals surface area contributed by atoms with Gasteiger partial charge in [0.15, 0.2) is 0 Å². The molecule has 0 unspecified atom stereocenters. The molecule has 6 aromatic rings. The van der Waals surface area contributed by atoms with Crippen molar-refractivity contribution in [1.82, 2.24) is 0 Å². The van der Waals surface area contributed by atoms with Crippen LogP contribution >= 0.6 is 0 Å². The van der Waals surface area contributed by atoms with E-state index in [0.29, 0.717) is 0 Å². The highest BCUT2D eigenvalue weighted by Gasteiger charge is 2.37. The van der Waals surface area contributed by atoms with Crippen molar-refractivity contribution in [3.63, 3.8) is 0 Å². The number of benzene rings is 6. The average molecular weight is 528 g/mol. The van der Waals surface area contributed by atoms with Gasteiger partial charge >= 0.3 is 0 Å². The van der Waals surface area contributed by atoms with Crippen molar-refractivity contribution >= 4 is 17.1 Å². The van der Waals surface area contributed by atoms with Gasteiger partial charge in [0.25, 0.3) is 0 Å². The summed E-state index contributed by atoms with van der Waals surface area (Å²) in [6.07, 6.45) is 0. The molecule has 0 fully saturated rings. The largest absolute Gasteiger partial charge is 0.456 e. The lowest BCUT2D eigenvalue weighted by Gasteiger charge is -2.42. The first-order valence-corrected chi connectivity index (χ1v) is 14.2. The van der Waals surface area contributed by atoms with Gasteiger partial charge in [0.05, 0.1) is 11.4 Å². The van der Waals surface area contributed by atoms with Crippen LogP contribution in [0.5, 0.6) is 11.5 Å². The normalized spacial score (nSPS) is 14.0. The molecule has 0 aliphatic carbocycles. The highest BCUT2D eigenvalue weighted by molar-refractivity contribution is 5.93. The second-order valence-electron chi connectivity index (χ2n) is 11.4. The lowest BCUT2D eigenvalue weighted by Crippen LogP contribution is -2.30. The van der Waals surface area contributed by atoms with Gasteiger partial charge in [-0.3, -0.25) is 0 Å². The molecule has 0 spiro atoms. The van der Waals surface area contributed by atoms with Crippen molar-refractivity contribution in [2.75, 3.05) is 4.90 Å². The number of hydrogen-bond donors (Lipinski definition) is 0. The van der Waals surface area contributed by atoms with Gasteiger partial charge in [-0.1, -0.05) is 105 Å². The van der Waals surface area contributed by atoms with Gasteiger partial charge in [0, 0.05) is 22.2 Å². The van der Waals surface area contributed by atoms with Crippen molar-refractivity contribution in [3.8, 4) is 44.9 Å². The molecule has 0 amide bonds. The fourth-order valence-electron chi connectivity index (χ4n) is 6.60. The van der Waals surface area contributed by atoms with Crippen molar-refractivity contribution < 1.29 is 4.74 Å². The molecule has 6 aromatic carbocycles. The maximum atomic E-state index is 6.49. The van der Waals surface area contributed by atoms with E-state index in [1.54, 1.807) is 0 Å². The first kappa shape index (κ1) is 23.8. The SMILES string of the molecule is CC1(C)c2ccccc2N(c2ccccc2)c2ccc(-c3ccc4c(c3)-c3ccccc3-c3ccccc3O4)cc21. The molecule has 0 saturated heterocycles. The Bertz CT molecular complexity index is 1950. The fourth-order valence-corrected chi connectivity index (χ4v) is 6.60. The Labute approximate surface area is 241 Å². The number of para-hydroxylation sites is 3. The number of nitrogens with zero attached hydrogens (tertiary/aromatic N) is 1. The molecule has 8 rings (SSSR count). The summed E-state index contributed by atoms with van der Waals surface area (Å²) < 4.78 is 6.49. The quantitative estimate of drug-likeness (QED) is 0.222. The topological polar surface area (TPSA) is 12.5 Å². The monoisotopic (exact) mass is 527 g/mol. The van der Waals surface area contributed by atoms with E-state index in [1.165, 1.54) is 50.4 Å². The molecule has 196 valence electrons. The Morgan fingerprint density at radius 1 is 0.463 bits per heavy atom. The maximum Gasteiger partial charge on any atom is 0.135 e. The van der Waals surface area contributed by atoms with Crippen LogP contribution in [0, 0.1) is 0 Å². The van der Waals surface area contributed by atoms with E-state index >= 15 is 0 Å². The zero-order chi connectivity index (χ0) is 27.6. The number of ether oxygens (including phenoxy) is 1. The number of hydrogen-bond acceptors (Lipinski definition) is 2. The molecule has 0 bridgehead atoms. The second-order valence-corrected chi connectivity index (χ2v) is 11.4. The van der Waals surface area contributed by atoms with E-state index in [4.69, 9.17) is 4.74 Å². The molecule has 0 aromatic heterocycles. The van der Waals surface area contributed by atoms with E-state index in [-0.39, 0.29) is 5.41 Å². The number of anilines is 3. The molecule has 0 saturated carbocycles. The molecule has 2 nitrogen and oxygen atoms in total. The van der Waals surface area contributed by atoms with E-state index in [0.717, 1.165) is 22.6 Å². The Morgan fingerprint density at radius 2 is 1.05 bits per heavy atom. The van der Waals surface area contributed by atoms with Crippen LogP contribution < -0.4 is 9.64 Å². The van der Waals surface area contributed by atoms with Crippen LogP contribution in [0.4, 0.5) is 17.1 Å². The summed E-state index contributed by atoms with van der Waals surface area (Å²) >= 11 is 0. The lowest BCUT2D eigenvalue weighted by molar-refractivity contribution is 0.488. The fraction of sp³-hybridized carbons (Fsp3) is 0.0769. The van der Waals surface area contributed by atoms with Crippen LogP contribution in [0.1, 0.15) is 25.0 Å². The molecule has 41 heavy (non-hydrogen) atoms. The van der Waals surface area contributed by atoms with E-state index in [1.807, 2.05) is 6.07 Å². The maximum absolute atomic E-state index is 6.49. The van der Waals surface area contributed by atoms with Gasteiger partial charge in [-0.05, 0) is 81.9 Å². The summed E-state index contributed by atoms with van der Waals surface area (Å²) in [6.45, 7) is 4.68. The van der Waals surface area contributed by atoms with Gasteiger partial charge < -0.3 is 9.64 Å². The minimum atomic E-state index is -0.156. The van der Waals surface area contributed by atoms with Gasteiger partial charge in [0.2, 0.25) is 0 Å². The summed E-state index contributed by atoms with van der Waals surface area (Å²) in [7, 11) is 0. The van der Waals surface area contributed by atoms with Crippen LogP contribution in [0.2, 0.25) is 0 Å². The van der Waals surface area contributed by atoms with Crippen LogP contribution in [-0.4, -0.2) is 0 Å². The lowest BCUT2D eigenvalue weighted by atomic mass is 9.73. The third-order valence-corrected chi connectivity index (χ3v) is 8.67. The van der Waals surface area contributed by atoms with Crippen LogP contribution in [0.15, 0.2) is 140 Å². The molecule has 0 atom stereocenters. The Hall–Kier alpha value is -5.08. The Balaban J connectivity index is 1.30. The third-order valence-electron chi connectivity index (χ3n) is 8.67. The van der Waals surface area contributed by atoms with E-state index < -0.39 is 0 Å². The molecule has 2 aliphatic rings. The Kier molecular flexibility index (Phi) is 5.20. The third kappa shape index (κ3) is 3.64. The summed E-state index contributed by atoms with van der Waals surface area (Å²) in [5, 5.41) is 0. The summed E-state index contributed by atoms with van der Waals surface area (Å²) in [4.78, 5) is 2.40. The first-order chi connectivity index (χ1) is 20.1. The van der Waals surface area contributed by atoms with Gasteiger partial charge in [-0.25, -0.2) is 0 Å². The summed E-state index contributed by atoms with van der Waals surface area (Å²) in [5.74, 6) is 1.77. The number of rotatable bonds is 2. The predicted molar refractivity (Wildman–Crippen MR) is 170 cm³/mol. The second kappa shape index (κ2) is 8.97. The highest BCUT2D eigenvalue weighted by Crippen LogP contribution is 2.53. The van der Waals surface area contributed by atoms with Crippen LogP contribution in [-0.2, 0) is 5.41 Å². The zero-order valence-electron chi connectivity index (χ0n) is 23.1. The van der Waals surface area contributed by atoms with Crippen molar-refractivity contribution in [3.05, 3.63) is 151 Å². The van der Waals surface area contributed by atoms with Crippen LogP contribution in [0.25, 0.3) is 33.4 Å². The molecule has 2 heterocycles. The standard InChI is InChI=1S/C39H29NO/c1-39(2)33-17-9-10-18-35(33)40(28-12-4-3-5-13-28)36-22-20-27(25-34(36)39)26-21-23-38-32(24-26)30-15-7-6-14-29(30)31-16-8-11-19-37(31)41-38/h3-25H,1-2H3. The molecule has 2 heteroatoms. The van der Waals surface area contributed by atoms with Crippen molar-refractivity contribution in [1.29, 1.82) is 0 Å². The van der Waals surface area contributed by atoms with Gasteiger partial charge in [-0.2, -0.15) is 0 Å². The van der Waals surface area contributed by atoms with Crippen molar-refractivity contribution in [2.45, 2.75) is 19.3 Å². The summed E-state index contributed by atoms with van der Waals surface area (Å²) in [5.41, 5.74) is 13.1. The smallest absolute Gasteiger partial charge is 0.135 e. The zero-order valence-corrected chi connectivity index (χ0v) is 23.1. The average Bonchev–Trinajstić information content (AvgIpc) is 3.16. The van der Waals surface area contributed by atoms with E-state index in [9.17, 15) is 0 Å². The van der Waals surface area contributed by atoms with Gasteiger partial charge in [0.1, 0.15) is 11.5 Å². The number of fused-ring (bicyclic) bond motifs is 7. The highest BCUT2D eigenvalue weighted by atomic mass is 16.5. The van der Waals surface area contributed by atoms with Gasteiger partial charge in [-0.15, -0.1) is 0 Å². The first-order valence-electron chi connectivity index (χ1n) is 14.2. The van der Waals surface area contributed by atoms with Crippen LogP contribution in [0.3, 0.4) is 0 Å². The molecule has 2 aliphatic heterocycles. The minimum Gasteiger partial charge on any atom is -0.456 e. The minimum absolute atomic E-state index is 0.156. The molecule has 0 N–H and O–H groups in total.